The number of guanidine groups is 1. The summed E-state index contributed by atoms with van der Waals surface area (Å²) < 4.78 is 0. The number of aliphatic imine (C=N–C) groups is 1. The van der Waals surface area contributed by atoms with E-state index in [4.69, 9.17) is 23.2 Å². The lowest BCUT2D eigenvalue weighted by Gasteiger charge is -2.20. The molecule has 0 saturated carbocycles. The van der Waals surface area contributed by atoms with Crippen LogP contribution in [0.2, 0.25) is 10.0 Å². The van der Waals surface area contributed by atoms with Gasteiger partial charge in [0.15, 0.2) is 5.96 Å². The minimum Gasteiger partial charge on any atom is -0.386 e. The molecule has 2 atom stereocenters. The first-order valence-corrected chi connectivity index (χ1v) is 8.84. The molecule has 3 N–H and O–H groups in total. The second-order valence-electron chi connectivity index (χ2n) is 5.55. The van der Waals surface area contributed by atoms with Gasteiger partial charge < -0.3 is 15.7 Å². The van der Waals surface area contributed by atoms with E-state index in [2.05, 4.69) is 20.6 Å². The SMILES string of the molecule is CCNC(=NCC(O)c1ccncc1)NC(C)c1ccc(Cl)cc1Cl. The van der Waals surface area contributed by atoms with Crippen molar-refractivity contribution in [2.75, 3.05) is 13.1 Å². The third kappa shape index (κ3) is 5.88. The maximum absolute atomic E-state index is 10.2. The third-order valence-corrected chi connectivity index (χ3v) is 4.20. The van der Waals surface area contributed by atoms with E-state index in [1.54, 1.807) is 36.7 Å². The fourth-order valence-electron chi connectivity index (χ4n) is 2.32. The average Bonchev–Trinajstić information content (AvgIpc) is 2.60. The Kier molecular flexibility index (Phi) is 7.50. The summed E-state index contributed by atoms with van der Waals surface area (Å²) in [6.07, 6.45) is 2.61. The molecule has 0 fully saturated rings. The zero-order valence-electron chi connectivity index (χ0n) is 14.2. The molecule has 0 saturated heterocycles. The molecule has 7 heteroatoms. The first kappa shape index (κ1) is 19.5. The summed E-state index contributed by atoms with van der Waals surface area (Å²) in [4.78, 5) is 8.40. The number of aliphatic hydroxyl groups is 1. The Hall–Kier alpha value is -1.82. The summed E-state index contributed by atoms with van der Waals surface area (Å²) in [5.74, 6) is 0.606. The zero-order chi connectivity index (χ0) is 18.2. The topological polar surface area (TPSA) is 69.5 Å². The number of benzene rings is 1. The van der Waals surface area contributed by atoms with Crippen LogP contribution < -0.4 is 10.6 Å². The van der Waals surface area contributed by atoms with Gasteiger partial charge in [-0.2, -0.15) is 0 Å². The van der Waals surface area contributed by atoms with Crippen LogP contribution in [0.15, 0.2) is 47.7 Å². The van der Waals surface area contributed by atoms with Crippen molar-refractivity contribution >= 4 is 29.2 Å². The van der Waals surface area contributed by atoms with Crippen LogP contribution in [0.1, 0.15) is 37.1 Å². The molecule has 2 rings (SSSR count). The van der Waals surface area contributed by atoms with Gasteiger partial charge in [-0.1, -0.05) is 29.3 Å². The molecule has 25 heavy (non-hydrogen) atoms. The largest absolute Gasteiger partial charge is 0.386 e. The number of hydrogen-bond acceptors (Lipinski definition) is 3. The third-order valence-electron chi connectivity index (χ3n) is 3.64. The van der Waals surface area contributed by atoms with Crippen molar-refractivity contribution in [2.45, 2.75) is 26.0 Å². The summed E-state index contributed by atoms with van der Waals surface area (Å²) >= 11 is 12.2. The fraction of sp³-hybridized carbons (Fsp3) is 0.333. The number of hydrogen-bond donors (Lipinski definition) is 3. The maximum Gasteiger partial charge on any atom is 0.191 e. The lowest BCUT2D eigenvalue weighted by atomic mass is 10.1. The molecular weight excluding hydrogens is 359 g/mol. The minimum absolute atomic E-state index is 0.0689. The summed E-state index contributed by atoms with van der Waals surface area (Å²) in [7, 11) is 0. The van der Waals surface area contributed by atoms with Gasteiger partial charge in [0.1, 0.15) is 0 Å². The number of nitrogens with zero attached hydrogens (tertiary/aromatic N) is 2. The number of aromatic nitrogens is 1. The monoisotopic (exact) mass is 380 g/mol. The molecule has 134 valence electrons. The van der Waals surface area contributed by atoms with E-state index in [9.17, 15) is 5.11 Å². The Morgan fingerprint density at radius 3 is 2.60 bits per heavy atom. The molecule has 1 aromatic carbocycles. The number of aliphatic hydroxyl groups excluding tert-OH is 1. The summed E-state index contributed by atoms with van der Waals surface area (Å²) in [5, 5.41) is 17.9. The van der Waals surface area contributed by atoms with Crippen molar-refractivity contribution in [1.82, 2.24) is 15.6 Å². The van der Waals surface area contributed by atoms with E-state index in [-0.39, 0.29) is 12.6 Å². The molecular formula is C18H22Cl2N4O. The van der Waals surface area contributed by atoms with Gasteiger partial charge in [-0.15, -0.1) is 0 Å². The van der Waals surface area contributed by atoms with E-state index in [0.717, 1.165) is 11.1 Å². The van der Waals surface area contributed by atoms with E-state index in [1.165, 1.54) is 0 Å². The Morgan fingerprint density at radius 2 is 1.96 bits per heavy atom. The van der Waals surface area contributed by atoms with E-state index in [0.29, 0.717) is 22.5 Å². The first-order valence-electron chi connectivity index (χ1n) is 8.09. The Balaban J connectivity index is 2.06. The fourth-order valence-corrected chi connectivity index (χ4v) is 2.90. The van der Waals surface area contributed by atoms with Gasteiger partial charge in [0.25, 0.3) is 0 Å². The Bertz CT molecular complexity index is 709. The highest BCUT2D eigenvalue weighted by Crippen LogP contribution is 2.26. The second-order valence-corrected chi connectivity index (χ2v) is 6.39. The van der Waals surface area contributed by atoms with Gasteiger partial charge in [-0.25, -0.2) is 0 Å². The van der Waals surface area contributed by atoms with E-state index >= 15 is 0 Å². The smallest absolute Gasteiger partial charge is 0.191 e. The van der Waals surface area contributed by atoms with Crippen LogP contribution in [0, 0.1) is 0 Å². The van der Waals surface area contributed by atoms with Gasteiger partial charge >= 0.3 is 0 Å². The molecule has 0 bridgehead atoms. The molecule has 5 nitrogen and oxygen atoms in total. The van der Waals surface area contributed by atoms with Crippen molar-refractivity contribution in [1.29, 1.82) is 0 Å². The van der Waals surface area contributed by atoms with Crippen LogP contribution in [0.5, 0.6) is 0 Å². The van der Waals surface area contributed by atoms with Gasteiger partial charge in [0.05, 0.1) is 18.7 Å². The number of nitrogens with one attached hydrogen (secondary N) is 2. The van der Waals surface area contributed by atoms with Crippen molar-refractivity contribution in [3.8, 4) is 0 Å². The second kappa shape index (κ2) is 9.61. The molecule has 1 heterocycles. The van der Waals surface area contributed by atoms with Crippen LogP contribution in [0.4, 0.5) is 0 Å². The lowest BCUT2D eigenvalue weighted by molar-refractivity contribution is 0.187. The molecule has 0 aliphatic carbocycles. The van der Waals surface area contributed by atoms with Crippen LogP contribution in [0.25, 0.3) is 0 Å². The molecule has 1 aromatic heterocycles. The summed E-state index contributed by atoms with van der Waals surface area (Å²) in [6, 6.07) is 8.89. The van der Waals surface area contributed by atoms with Crippen molar-refractivity contribution in [3.63, 3.8) is 0 Å². The molecule has 0 aliphatic heterocycles. The maximum atomic E-state index is 10.2. The average molecular weight is 381 g/mol. The molecule has 0 radical (unpaired) electrons. The van der Waals surface area contributed by atoms with Gasteiger partial charge in [-0.3, -0.25) is 9.98 Å². The highest BCUT2D eigenvalue weighted by atomic mass is 35.5. The molecule has 0 aliphatic rings. The predicted octanol–water partition coefficient (Wildman–Crippen LogP) is 3.74. The van der Waals surface area contributed by atoms with Crippen LogP contribution in [-0.2, 0) is 0 Å². The zero-order valence-corrected chi connectivity index (χ0v) is 15.7. The molecule has 0 amide bonds. The quantitative estimate of drug-likeness (QED) is 0.527. The normalized spacial score (nSPS) is 14.0. The number of halogens is 2. The molecule has 2 unspecified atom stereocenters. The minimum atomic E-state index is -0.687. The summed E-state index contributed by atoms with van der Waals surface area (Å²) in [6.45, 7) is 4.91. The van der Waals surface area contributed by atoms with Gasteiger partial charge in [-0.05, 0) is 49.2 Å². The Labute approximate surface area is 158 Å². The molecule has 2 aromatic rings. The Morgan fingerprint density at radius 1 is 1.24 bits per heavy atom. The lowest BCUT2D eigenvalue weighted by Crippen LogP contribution is -2.39. The molecule has 0 spiro atoms. The summed E-state index contributed by atoms with van der Waals surface area (Å²) in [5.41, 5.74) is 1.70. The van der Waals surface area contributed by atoms with Crippen molar-refractivity contribution < 1.29 is 5.11 Å². The van der Waals surface area contributed by atoms with Crippen molar-refractivity contribution in [2.24, 2.45) is 4.99 Å². The highest BCUT2D eigenvalue weighted by Gasteiger charge is 2.13. The predicted molar refractivity (Wildman–Crippen MR) is 103 cm³/mol. The number of pyridine rings is 1. The van der Waals surface area contributed by atoms with Crippen LogP contribution >= 0.6 is 23.2 Å². The first-order chi connectivity index (χ1) is 12.0. The van der Waals surface area contributed by atoms with Gasteiger partial charge in [0, 0.05) is 29.0 Å². The van der Waals surface area contributed by atoms with Gasteiger partial charge in [0.2, 0.25) is 0 Å². The van der Waals surface area contributed by atoms with E-state index < -0.39 is 6.10 Å². The van der Waals surface area contributed by atoms with Crippen molar-refractivity contribution in [3.05, 3.63) is 63.9 Å². The van der Waals surface area contributed by atoms with Crippen LogP contribution in [0.3, 0.4) is 0 Å². The number of rotatable bonds is 6. The van der Waals surface area contributed by atoms with Crippen LogP contribution in [-0.4, -0.2) is 29.1 Å². The highest BCUT2D eigenvalue weighted by molar-refractivity contribution is 6.35. The van der Waals surface area contributed by atoms with E-state index in [1.807, 2.05) is 19.9 Å². The standard InChI is InChI=1S/C18H22Cl2N4O/c1-3-22-18(23-11-17(25)13-6-8-21-9-7-13)24-12(2)15-5-4-14(19)10-16(15)20/h4-10,12,17,25H,3,11H2,1-2H3,(H2,22,23,24).